The van der Waals surface area contributed by atoms with Gasteiger partial charge in [-0.15, -0.1) is 6.58 Å². The van der Waals surface area contributed by atoms with Gasteiger partial charge in [-0.3, -0.25) is 0 Å². The highest BCUT2D eigenvalue weighted by Crippen LogP contribution is 2.26. The smallest absolute Gasteiger partial charge is 0.0587 e. The van der Waals surface area contributed by atoms with E-state index in [1.807, 2.05) is 0 Å². The van der Waals surface area contributed by atoms with E-state index in [1.54, 1.807) is 7.11 Å². The highest BCUT2D eigenvalue weighted by Gasteiger charge is 2.22. The molecule has 0 spiro atoms. The van der Waals surface area contributed by atoms with Gasteiger partial charge in [0.05, 0.1) is 6.61 Å². The minimum absolute atomic E-state index is 0.0740. The van der Waals surface area contributed by atoms with E-state index in [9.17, 15) is 0 Å². The van der Waals surface area contributed by atoms with Crippen LogP contribution in [-0.4, -0.2) is 26.8 Å². The zero-order valence-corrected chi connectivity index (χ0v) is 12.8. The molecule has 0 fully saturated rings. The molecule has 1 aromatic carbocycles. The topological polar surface area (TPSA) is 21.3 Å². The average Bonchev–Trinajstić information content (AvgIpc) is 2.39. The average molecular weight is 261 g/mol. The molecule has 1 N–H and O–H groups in total. The zero-order chi connectivity index (χ0) is 14.3. The van der Waals surface area contributed by atoms with Crippen molar-refractivity contribution in [2.45, 2.75) is 27.2 Å². The molecule has 2 heteroatoms. The molecule has 0 aliphatic carbocycles. The van der Waals surface area contributed by atoms with Gasteiger partial charge in [0, 0.05) is 25.6 Å². The molecule has 1 rings (SSSR count). The van der Waals surface area contributed by atoms with Gasteiger partial charge in [0.15, 0.2) is 0 Å². The van der Waals surface area contributed by atoms with Crippen molar-refractivity contribution < 1.29 is 4.74 Å². The van der Waals surface area contributed by atoms with Gasteiger partial charge in [-0.05, 0) is 37.0 Å². The van der Waals surface area contributed by atoms with Crippen molar-refractivity contribution in [1.82, 2.24) is 5.32 Å². The van der Waals surface area contributed by atoms with Crippen molar-refractivity contribution in [3.05, 3.63) is 47.5 Å². The Labute approximate surface area is 117 Å². The van der Waals surface area contributed by atoms with Crippen LogP contribution in [0.5, 0.6) is 0 Å². The van der Waals surface area contributed by atoms with Crippen molar-refractivity contribution >= 4 is 0 Å². The molecule has 106 valence electrons. The lowest BCUT2D eigenvalue weighted by Crippen LogP contribution is -2.34. The van der Waals surface area contributed by atoms with E-state index in [4.69, 9.17) is 4.74 Å². The van der Waals surface area contributed by atoms with Crippen LogP contribution in [0.15, 0.2) is 30.9 Å². The first-order chi connectivity index (χ1) is 9.02. The molecule has 0 radical (unpaired) electrons. The fourth-order valence-electron chi connectivity index (χ4n) is 2.29. The summed E-state index contributed by atoms with van der Waals surface area (Å²) in [4.78, 5) is 0. The molecule has 2 nitrogen and oxygen atoms in total. The first-order valence-corrected chi connectivity index (χ1v) is 6.91. The maximum absolute atomic E-state index is 5.06. The minimum Gasteiger partial charge on any atom is -0.383 e. The summed E-state index contributed by atoms with van der Waals surface area (Å²) in [7, 11) is 1.73. The lowest BCUT2D eigenvalue weighted by Gasteiger charge is -2.28. The van der Waals surface area contributed by atoms with Gasteiger partial charge in [0.1, 0.15) is 0 Å². The largest absolute Gasteiger partial charge is 0.383 e. The van der Waals surface area contributed by atoms with Gasteiger partial charge in [0.25, 0.3) is 0 Å². The molecule has 1 atom stereocenters. The maximum atomic E-state index is 5.06. The molecule has 0 aliphatic heterocycles. The number of nitrogens with one attached hydrogen (secondary N) is 1. The van der Waals surface area contributed by atoms with Crippen LogP contribution in [0.1, 0.15) is 23.6 Å². The Hall–Kier alpha value is -1.12. The van der Waals surface area contributed by atoms with E-state index in [0.29, 0.717) is 0 Å². The first-order valence-electron chi connectivity index (χ1n) is 6.91. The van der Waals surface area contributed by atoms with Gasteiger partial charge >= 0.3 is 0 Å². The summed E-state index contributed by atoms with van der Waals surface area (Å²) in [5.74, 6) is 0. The second-order valence-corrected chi connectivity index (χ2v) is 5.57. The van der Waals surface area contributed by atoms with Crippen LogP contribution in [0, 0.1) is 19.3 Å². The van der Waals surface area contributed by atoms with E-state index in [2.05, 4.69) is 56.9 Å². The van der Waals surface area contributed by atoms with Crippen LogP contribution >= 0.6 is 0 Å². The van der Waals surface area contributed by atoms with Crippen molar-refractivity contribution in [3.8, 4) is 0 Å². The third-order valence-corrected chi connectivity index (χ3v) is 3.73. The molecular formula is C17H27NO. The Balaban J connectivity index is 2.72. The Bertz CT molecular complexity index is 393. The highest BCUT2D eigenvalue weighted by atomic mass is 16.5. The number of ether oxygens (including phenoxy) is 1. The molecule has 0 aromatic heterocycles. The SMILES string of the molecule is C=CC(C)(CNCCOC)Cc1c(C)cccc1C. The van der Waals surface area contributed by atoms with E-state index in [1.165, 1.54) is 16.7 Å². The summed E-state index contributed by atoms with van der Waals surface area (Å²) in [6.45, 7) is 13.2. The van der Waals surface area contributed by atoms with Gasteiger partial charge in [-0.2, -0.15) is 0 Å². The van der Waals surface area contributed by atoms with Crippen LogP contribution in [-0.2, 0) is 11.2 Å². The predicted molar refractivity (Wildman–Crippen MR) is 82.7 cm³/mol. The van der Waals surface area contributed by atoms with Crippen LogP contribution < -0.4 is 5.32 Å². The first kappa shape index (κ1) is 15.9. The summed E-state index contributed by atoms with van der Waals surface area (Å²) in [6.07, 6.45) is 3.09. The molecular weight excluding hydrogens is 234 g/mol. The van der Waals surface area contributed by atoms with E-state index in [-0.39, 0.29) is 5.41 Å². The van der Waals surface area contributed by atoms with Crippen LogP contribution in [0.3, 0.4) is 0 Å². The van der Waals surface area contributed by atoms with Crippen molar-refractivity contribution in [2.24, 2.45) is 5.41 Å². The van der Waals surface area contributed by atoms with E-state index >= 15 is 0 Å². The summed E-state index contributed by atoms with van der Waals surface area (Å²) < 4.78 is 5.06. The molecule has 0 saturated carbocycles. The predicted octanol–water partition coefficient (Wildman–Crippen LogP) is 3.27. The van der Waals surface area contributed by atoms with E-state index in [0.717, 1.165) is 26.1 Å². The minimum atomic E-state index is 0.0740. The second kappa shape index (κ2) is 7.46. The van der Waals surface area contributed by atoms with Crippen molar-refractivity contribution in [2.75, 3.05) is 26.8 Å². The molecule has 1 unspecified atom stereocenters. The highest BCUT2D eigenvalue weighted by molar-refractivity contribution is 5.35. The molecule has 0 saturated heterocycles. The fourth-order valence-corrected chi connectivity index (χ4v) is 2.29. The molecule has 0 bridgehead atoms. The second-order valence-electron chi connectivity index (χ2n) is 5.57. The van der Waals surface area contributed by atoms with Crippen LogP contribution in [0.4, 0.5) is 0 Å². The monoisotopic (exact) mass is 261 g/mol. The Morgan fingerprint density at radius 2 is 1.95 bits per heavy atom. The summed E-state index contributed by atoms with van der Waals surface area (Å²) in [5, 5.41) is 3.44. The lowest BCUT2D eigenvalue weighted by molar-refractivity contribution is 0.195. The van der Waals surface area contributed by atoms with Crippen LogP contribution in [0.25, 0.3) is 0 Å². The molecule has 1 aromatic rings. The van der Waals surface area contributed by atoms with Crippen molar-refractivity contribution in [1.29, 1.82) is 0 Å². The van der Waals surface area contributed by atoms with Gasteiger partial charge in [0.2, 0.25) is 0 Å². The molecule has 0 amide bonds. The third kappa shape index (κ3) is 4.81. The van der Waals surface area contributed by atoms with E-state index < -0.39 is 0 Å². The Morgan fingerprint density at radius 1 is 1.32 bits per heavy atom. The van der Waals surface area contributed by atoms with Crippen LogP contribution in [0.2, 0.25) is 0 Å². The van der Waals surface area contributed by atoms with Crippen molar-refractivity contribution in [3.63, 3.8) is 0 Å². The zero-order valence-electron chi connectivity index (χ0n) is 12.8. The standard InChI is InChI=1S/C17H27NO/c1-6-17(4,13-18-10-11-19-5)12-16-14(2)8-7-9-15(16)3/h6-9,18H,1,10-13H2,2-5H3. The molecule has 19 heavy (non-hydrogen) atoms. The number of hydrogen-bond acceptors (Lipinski definition) is 2. The number of methoxy groups -OCH3 is 1. The lowest BCUT2D eigenvalue weighted by atomic mass is 9.81. The summed E-state index contributed by atoms with van der Waals surface area (Å²) in [5.41, 5.74) is 4.25. The van der Waals surface area contributed by atoms with Gasteiger partial charge < -0.3 is 10.1 Å². The number of aryl methyl sites for hydroxylation is 2. The number of rotatable bonds is 8. The number of hydrogen-bond donors (Lipinski definition) is 1. The molecule has 0 aliphatic rings. The Kier molecular flexibility index (Phi) is 6.26. The fraction of sp³-hybridized carbons (Fsp3) is 0.529. The maximum Gasteiger partial charge on any atom is 0.0587 e. The number of benzene rings is 1. The summed E-state index contributed by atoms with van der Waals surface area (Å²) >= 11 is 0. The van der Waals surface area contributed by atoms with Gasteiger partial charge in [-0.25, -0.2) is 0 Å². The quantitative estimate of drug-likeness (QED) is 0.573. The third-order valence-electron chi connectivity index (χ3n) is 3.73. The Morgan fingerprint density at radius 3 is 2.47 bits per heavy atom. The summed E-state index contributed by atoms with van der Waals surface area (Å²) in [6, 6.07) is 6.49. The van der Waals surface area contributed by atoms with Gasteiger partial charge in [-0.1, -0.05) is 31.2 Å². The molecule has 0 heterocycles. The normalized spacial score (nSPS) is 14.1.